The SMILES string of the molecule is COc1cc(CCC(=O)Nc2ccc(N3CCCC3)cc2)cc(OC)c1OC. The van der Waals surface area contributed by atoms with Crippen LogP contribution in [0, 0.1) is 0 Å². The van der Waals surface area contributed by atoms with Crippen LogP contribution in [0.3, 0.4) is 0 Å². The summed E-state index contributed by atoms with van der Waals surface area (Å²) in [4.78, 5) is 14.7. The van der Waals surface area contributed by atoms with Crippen LogP contribution in [0.4, 0.5) is 11.4 Å². The van der Waals surface area contributed by atoms with Crippen molar-refractivity contribution in [3.05, 3.63) is 42.0 Å². The number of amides is 1. The first-order chi connectivity index (χ1) is 13.6. The predicted molar refractivity (Wildman–Crippen MR) is 111 cm³/mol. The van der Waals surface area contributed by atoms with Gasteiger partial charge >= 0.3 is 0 Å². The second kappa shape index (κ2) is 9.35. The number of nitrogens with zero attached hydrogens (tertiary/aromatic N) is 1. The van der Waals surface area contributed by atoms with Crippen molar-refractivity contribution >= 4 is 17.3 Å². The maximum Gasteiger partial charge on any atom is 0.224 e. The molecule has 150 valence electrons. The third kappa shape index (κ3) is 4.68. The van der Waals surface area contributed by atoms with Crippen molar-refractivity contribution < 1.29 is 19.0 Å². The van der Waals surface area contributed by atoms with Gasteiger partial charge in [0.25, 0.3) is 0 Å². The second-order valence-electron chi connectivity index (χ2n) is 6.82. The van der Waals surface area contributed by atoms with E-state index < -0.39 is 0 Å². The van der Waals surface area contributed by atoms with Gasteiger partial charge in [0, 0.05) is 30.9 Å². The molecule has 1 aliphatic rings. The molecule has 6 nitrogen and oxygen atoms in total. The Morgan fingerprint density at radius 2 is 1.57 bits per heavy atom. The minimum atomic E-state index is -0.0253. The fraction of sp³-hybridized carbons (Fsp3) is 0.409. The summed E-state index contributed by atoms with van der Waals surface area (Å²) in [6, 6.07) is 11.8. The molecule has 0 radical (unpaired) electrons. The van der Waals surface area contributed by atoms with Crippen LogP contribution in [0.1, 0.15) is 24.8 Å². The van der Waals surface area contributed by atoms with Gasteiger partial charge < -0.3 is 24.4 Å². The highest BCUT2D eigenvalue weighted by atomic mass is 16.5. The van der Waals surface area contributed by atoms with Crippen LogP contribution < -0.4 is 24.4 Å². The van der Waals surface area contributed by atoms with Crippen molar-refractivity contribution in [3.8, 4) is 17.2 Å². The van der Waals surface area contributed by atoms with E-state index in [1.54, 1.807) is 21.3 Å². The molecule has 0 spiro atoms. The molecule has 1 amide bonds. The summed E-state index contributed by atoms with van der Waals surface area (Å²) in [5.74, 6) is 1.71. The van der Waals surface area contributed by atoms with Gasteiger partial charge in [0.15, 0.2) is 11.5 Å². The molecule has 6 heteroatoms. The molecule has 1 fully saturated rings. The van der Waals surface area contributed by atoms with Crippen LogP contribution in [-0.2, 0) is 11.2 Å². The molecule has 2 aromatic carbocycles. The number of hydrogen-bond donors (Lipinski definition) is 1. The smallest absolute Gasteiger partial charge is 0.224 e. The highest BCUT2D eigenvalue weighted by Crippen LogP contribution is 2.38. The molecule has 0 saturated carbocycles. The van der Waals surface area contributed by atoms with Gasteiger partial charge in [0.05, 0.1) is 21.3 Å². The lowest BCUT2D eigenvalue weighted by molar-refractivity contribution is -0.116. The fourth-order valence-electron chi connectivity index (χ4n) is 3.49. The number of methoxy groups -OCH3 is 3. The third-order valence-electron chi connectivity index (χ3n) is 4.99. The highest BCUT2D eigenvalue weighted by molar-refractivity contribution is 5.91. The average molecular weight is 384 g/mol. The lowest BCUT2D eigenvalue weighted by Crippen LogP contribution is -2.17. The van der Waals surface area contributed by atoms with E-state index in [1.165, 1.54) is 18.5 Å². The molecular weight excluding hydrogens is 356 g/mol. The summed E-state index contributed by atoms with van der Waals surface area (Å²) in [5, 5.41) is 2.97. The first kappa shape index (κ1) is 19.9. The molecule has 28 heavy (non-hydrogen) atoms. The van der Waals surface area contributed by atoms with Crippen molar-refractivity contribution in [1.82, 2.24) is 0 Å². The first-order valence-electron chi connectivity index (χ1n) is 9.58. The topological polar surface area (TPSA) is 60.0 Å². The van der Waals surface area contributed by atoms with Gasteiger partial charge in [0.1, 0.15) is 0 Å². The lowest BCUT2D eigenvalue weighted by atomic mass is 10.1. The summed E-state index contributed by atoms with van der Waals surface area (Å²) in [6.45, 7) is 2.22. The Kier molecular flexibility index (Phi) is 6.63. The van der Waals surface area contributed by atoms with Crippen molar-refractivity contribution in [1.29, 1.82) is 0 Å². The largest absolute Gasteiger partial charge is 0.493 e. The summed E-state index contributed by atoms with van der Waals surface area (Å²) in [6.07, 6.45) is 3.44. The first-order valence-corrected chi connectivity index (χ1v) is 9.58. The van der Waals surface area contributed by atoms with Crippen LogP contribution in [-0.4, -0.2) is 40.3 Å². The van der Waals surface area contributed by atoms with Crippen LogP contribution in [0.2, 0.25) is 0 Å². The molecule has 1 saturated heterocycles. The maximum absolute atomic E-state index is 12.4. The van der Waals surface area contributed by atoms with Crippen molar-refractivity contribution in [2.45, 2.75) is 25.7 Å². The van der Waals surface area contributed by atoms with Gasteiger partial charge in [-0.3, -0.25) is 4.79 Å². The minimum Gasteiger partial charge on any atom is -0.493 e. The second-order valence-corrected chi connectivity index (χ2v) is 6.82. The Hall–Kier alpha value is -2.89. The number of aryl methyl sites for hydroxylation is 1. The average Bonchev–Trinajstić information content (AvgIpc) is 3.26. The van der Waals surface area contributed by atoms with Crippen molar-refractivity contribution in [3.63, 3.8) is 0 Å². The van der Waals surface area contributed by atoms with E-state index in [9.17, 15) is 4.79 Å². The van der Waals surface area contributed by atoms with Gasteiger partial charge in [-0.2, -0.15) is 0 Å². The Morgan fingerprint density at radius 3 is 2.11 bits per heavy atom. The Morgan fingerprint density at radius 1 is 0.964 bits per heavy atom. The summed E-state index contributed by atoms with van der Waals surface area (Å²) in [7, 11) is 4.74. The molecule has 1 heterocycles. The number of rotatable bonds is 8. The van der Waals surface area contributed by atoms with E-state index in [0.717, 1.165) is 24.3 Å². The predicted octanol–water partition coefficient (Wildman–Crippen LogP) is 3.88. The number of ether oxygens (including phenoxy) is 3. The Balaban J connectivity index is 1.58. The van der Waals surface area contributed by atoms with Crippen LogP contribution in [0.25, 0.3) is 0 Å². The van der Waals surface area contributed by atoms with Gasteiger partial charge in [-0.1, -0.05) is 0 Å². The minimum absolute atomic E-state index is 0.0253. The fourth-order valence-corrected chi connectivity index (χ4v) is 3.49. The molecule has 0 bridgehead atoms. The van der Waals surface area contributed by atoms with E-state index in [1.807, 2.05) is 24.3 Å². The standard InChI is InChI=1S/C22H28N2O4/c1-26-19-14-16(15-20(27-2)22(19)28-3)6-11-21(25)23-17-7-9-18(10-8-17)24-12-4-5-13-24/h7-10,14-15H,4-6,11-13H2,1-3H3,(H,23,25). The number of nitrogens with one attached hydrogen (secondary N) is 1. The van der Waals surface area contributed by atoms with Crippen molar-refractivity contribution in [2.75, 3.05) is 44.6 Å². The zero-order valence-corrected chi connectivity index (χ0v) is 16.8. The van der Waals surface area contributed by atoms with E-state index in [0.29, 0.717) is 30.1 Å². The summed E-state index contributed by atoms with van der Waals surface area (Å²) >= 11 is 0. The zero-order valence-electron chi connectivity index (χ0n) is 16.8. The molecule has 0 aromatic heterocycles. The molecule has 2 aromatic rings. The summed E-state index contributed by atoms with van der Waals surface area (Å²) in [5.41, 5.74) is 2.99. The van der Waals surface area contributed by atoms with Crippen LogP contribution in [0.5, 0.6) is 17.2 Å². The Labute approximate surface area is 166 Å². The van der Waals surface area contributed by atoms with Crippen LogP contribution in [0.15, 0.2) is 36.4 Å². The number of carbonyl (C=O) groups excluding carboxylic acids is 1. The molecule has 0 atom stereocenters. The van der Waals surface area contributed by atoms with E-state index in [-0.39, 0.29) is 5.91 Å². The number of hydrogen-bond acceptors (Lipinski definition) is 5. The van der Waals surface area contributed by atoms with E-state index in [4.69, 9.17) is 14.2 Å². The van der Waals surface area contributed by atoms with Gasteiger partial charge in [-0.25, -0.2) is 0 Å². The zero-order chi connectivity index (χ0) is 19.9. The third-order valence-corrected chi connectivity index (χ3v) is 4.99. The van der Waals surface area contributed by atoms with Gasteiger partial charge in [0.2, 0.25) is 11.7 Å². The maximum atomic E-state index is 12.4. The molecule has 0 aliphatic carbocycles. The normalized spacial score (nSPS) is 13.3. The highest BCUT2D eigenvalue weighted by Gasteiger charge is 2.14. The summed E-state index contributed by atoms with van der Waals surface area (Å²) < 4.78 is 16.1. The van der Waals surface area contributed by atoms with E-state index >= 15 is 0 Å². The molecular formula is C22H28N2O4. The van der Waals surface area contributed by atoms with E-state index in [2.05, 4.69) is 22.3 Å². The van der Waals surface area contributed by atoms with Gasteiger partial charge in [-0.15, -0.1) is 0 Å². The molecule has 3 rings (SSSR count). The lowest BCUT2D eigenvalue weighted by Gasteiger charge is -2.17. The molecule has 0 unspecified atom stereocenters. The van der Waals surface area contributed by atoms with Gasteiger partial charge in [-0.05, 0) is 61.2 Å². The number of anilines is 2. The number of carbonyl (C=O) groups is 1. The molecule has 1 aliphatic heterocycles. The molecule has 1 N–H and O–H groups in total. The Bertz CT molecular complexity index is 774. The monoisotopic (exact) mass is 384 g/mol. The number of benzene rings is 2. The van der Waals surface area contributed by atoms with Crippen molar-refractivity contribution in [2.24, 2.45) is 0 Å². The quantitative estimate of drug-likeness (QED) is 0.748. The van der Waals surface area contributed by atoms with Crippen LogP contribution >= 0.6 is 0 Å².